The summed E-state index contributed by atoms with van der Waals surface area (Å²) in [6.45, 7) is 1.02. The van der Waals surface area contributed by atoms with Crippen molar-refractivity contribution in [2.24, 2.45) is 0 Å². The SMILES string of the molecule is COc1cc(F)cc(Oc2nnc(C(F)(F)F)c(C)c2C(=O)Nc2cccc(S(C)(=N)=O)c2)c1. The number of halogens is 4. The van der Waals surface area contributed by atoms with E-state index in [1.54, 1.807) is 0 Å². The first-order valence-corrected chi connectivity index (χ1v) is 11.4. The second kappa shape index (κ2) is 9.25. The maximum Gasteiger partial charge on any atom is 0.435 e. The molecule has 0 saturated heterocycles. The molecule has 3 aromatic rings. The zero-order valence-electron chi connectivity index (χ0n) is 18.0. The summed E-state index contributed by atoms with van der Waals surface area (Å²) in [7, 11) is -1.84. The van der Waals surface area contributed by atoms with Gasteiger partial charge in [0, 0.05) is 35.0 Å². The van der Waals surface area contributed by atoms with Crippen molar-refractivity contribution < 1.29 is 36.0 Å². The van der Waals surface area contributed by atoms with Crippen molar-refractivity contribution in [1.29, 1.82) is 4.78 Å². The molecule has 0 fully saturated rings. The van der Waals surface area contributed by atoms with Gasteiger partial charge in [0.25, 0.3) is 11.8 Å². The number of nitrogens with one attached hydrogen (secondary N) is 2. The summed E-state index contributed by atoms with van der Waals surface area (Å²) >= 11 is 0. The van der Waals surface area contributed by atoms with Crippen molar-refractivity contribution >= 4 is 21.3 Å². The number of amides is 1. The van der Waals surface area contributed by atoms with Gasteiger partial charge in [0.1, 0.15) is 22.9 Å². The van der Waals surface area contributed by atoms with Gasteiger partial charge in [-0.2, -0.15) is 13.2 Å². The molecule has 180 valence electrons. The Hall–Kier alpha value is -3.74. The number of carbonyl (C=O) groups excluding carboxylic acids is 1. The third-order valence-corrected chi connectivity index (χ3v) is 5.67. The first-order chi connectivity index (χ1) is 15.8. The van der Waals surface area contributed by atoms with Crippen LogP contribution in [0.2, 0.25) is 0 Å². The number of methoxy groups -OCH3 is 1. The fourth-order valence-electron chi connectivity index (χ4n) is 2.94. The normalized spacial score (nSPS) is 13.1. The summed E-state index contributed by atoms with van der Waals surface area (Å²) in [5.74, 6) is -2.53. The number of hydrogen-bond donors (Lipinski definition) is 2. The van der Waals surface area contributed by atoms with Crippen LogP contribution in [0.3, 0.4) is 0 Å². The number of hydrogen-bond acceptors (Lipinski definition) is 7. The van der Waals surface area contributed by atoms with Gasteiger partial charge in [-0.1, -0.05) is 6.07 Å². The van der Waals surface area contributed by atoms with Crippen molar-refractivity contribution in [3.8, 4) is 17.4 Å². The molecule has 13 heteroatoms. The van der Waals surface area contributed by atoms with Crippen LogP contribution in [-0.4, -0.2) is 33.7 Å². The molecule has 0 saturated carbocycles. The molecule has 1 atom stereocenters. The number of anilines is 1. The molecule has 1 heterocycles. The molecule has 1 amide bonds. The molecule has 0 bridgehead atoms. The van der Waals surface area contributed by atoms with Crippen LogP contribution in [0.4, 0.5) is 23.2 Å². The predicted molar refractivity (Wildman–Crippen MR) is 114 cm³/mol. The van der Waals surface area contributed by atoms with Crippen LogP contribution in [0.5, 0.6) is 17.4 Å². The minimum Gasteiger partial charge on any atom is -0.497 e. The highest BCUT2D eigenvalue weighted by molar-refractivity contribution is 7.91. The third-order valence-electron chi connectivity index (χ3n) is 4.52. The maximum atomic E-state index is 13.8. The molecule has 0 aliphatic rings. The first kappa shape index (κ1) is 24.9. The van der Waals surface area contributed by atoms with Gasteiger partial charge in [0.2, 0.25) is 0 Å². The van der Waals surface area contributed by atoms with Gasteiger partial charge in [0.15, 0.2) is 5.69 Å². The van der Waals surface area contributed by atoms with Gasteiger partial charge in [-0.15, -0.1) is 10.2 Å². The van der Waals surface area contributed by atoms with Crippen molar-refractivity contribution in [2.45, 2.75) is 18.0 Å². The molecule has 1 unspecified atom stereocenters. The van der Waals surface area contributed by atoms with Crippen LogP contribution in [0.1, 0.15) is 21.6 Å². The summed E-state index contributed by atoms with van der Waals surface area (Å²) in [5, 5.41) is 8.94. The van der Waals surface area contributed by atoms with E-state index >= 15 is 0 Å². The van der Waals surface area contributed by atoms with Crippen LogP contribution < -0.4 is 14.8 Å². The lowest BCUT2D eigenvalue weighted by molar-refractivity contribution is -0.142. The predicted octanol–water partition coefficient (Wildman–Crippen LogP) is 5.03. The van der Waals surface area contributed by atoms with Crippen molar-refractivity contribution in [3.05, 3.63) is 65.1 Å². The Morgan fingerprint density at radius 1 is 1.12 bits per heavy atom. The van der Waals surface area contributed by atoms with Gasteiger partial charge in [-0.05, 0) is 30.7 Å². The van der Waals surface area contributed by atoms with Gasteiger partial charge in [0.05, 0.1) is 16.8 Å². The molecule has 2 aromatic carbocycles. The zero-order chi connectivity index (χ0) is 25.3. The Balaban J connectivity index is 2.08. The van der Waals surface area contributed by atoms with E-state index in [0.717, 1.165) is 19.1 Å². The number of alkyl halides is 3. The molecular weight excluding hydrogens is 480 g/mol. The molecule has 0 spiro atoms. The van der Waals surface area contributed by atoms with Crippen molar-refractivity contribution in [3.63, 3.8) is 0 Å². The fraction of sp³-hybridized carbons (Fsp3) is 0.190. The topological polar surface area (TPSA) is 114 Å². The van der Waals surface area contributed by atoms with E-state index in [9.17, 15) is 26.6 Å². The van der Waals surface area contributed by atoms with Gasteiger partial charge >= 0.3 is 6.18 Å². The lowest BCUT2D eigenvalue weighted by atomic mass is 10.1. The van der Waals surface area contributed by atoms with Gasteiger partial charge < -0.3 is 14.8 Å². The highest BCUT2D eigenvalue weighted by atomic mass is 32.2. The van der Waals surface area contributed by atoms with E-state index in [-0.39, 0.29) is 22.1 Å². The number of benzene rings is 2. The summed E-state index contributed by atoms with van der Waals surface area (Å²) in [5.41, 5.74) is -2.50. The molecule has 1 aromatic heterocycles. The van der Waals surface area contributed by atoms with Crippen LogP contribution in [0.15, 0.2) is 47.4 Å². The highest BCUT2D eigenvalue weighted by Gasteiger charge is 2.38. The van der Waals surface area contributed by atoms with E-state index in [2.05, 4.69) is 15.5 Å². The summed E-state index contributed by atoms with van der Waals surface area (Å²) in [6.07, 6.45) is -3.73. The molecule has 2 N–H and O–H groups in total. The number of aromatic nitrogens is 2. The van der Waals surface area contributed by atoms with E-state index in [0.29, 0.717) is 0 Å². The minimum atomic E-state index is -4.91. The Morgan fingerprint density at radius 2 is 1.79 bits per heavy atom. The average molecular weight is 498 g/mol. The van der Waals surface area contributed by atoms with E-state index in [1.807, 2.05) is 0 Å². The summed E-state index contributed by atoms with van der Waals surface area (Å²) < 4.78 is 84.1. The lowest BCUT2D eigenvalue weighted by Crippen LogP contribution is -2.21. The number of ether oxygens (including phenoxy) is 2. The second-order valence-corrected chi connectivity index (χ2v) is 9.26. The van der Waals surface area contributed by atoms with Crippen LogP contribution in [0, 0.1) is 17.5 Å². The Labute approximate surface area is 191 Å². The number of nitrogens with zero attached hydrogens (tertiary/aromatic N) is 2. The zero-order valence-corrected chi connectivity index (χ0v) is 18.8. The molecular formula is C21H18F4N4O4S. The summed E-state index contributed by atoms with van der Waals surface area (Å²) in [4.78, 5) is 13.1. The Bertz CT molecular complexity index is 1360. The average Bonchev–Trinajstić information content (AvgIpc) is 2.72. The van der Waals surface area contributed by atoms with Gasteiger partial charge in [-0.3, -0.25) is 4.79 Å². The lowest BCUT2D eigenvalue weighted by Gasteiger charge is -2.16. The van der Waals surface area contributed by atoms with Gasteiger partial charge in [-0.25, -0.2) is 13.4 Å². The quantitative estimate of drug-likeness (QED) is 0.461. The largest absolute Gasteiger partial charge is 0.497 e. The van der Waals surface area contributed by atoms with Crippen LogP contribution >= 0.6 is 0 Å². The molecule has 0 aliphatic carbocycles. The molecule has 0 aliphatic heterocycles. The van der Waals surface area contributed by atoms with E-state index in [4.69, 9.17) is 14.3 Å². The summed E-state index contributed by atoms with van der Waals surface area (Å²) in [6, 6.07) is 8.73. The minimum absolute atomic E-state index is 0.0629. The fourth-order valence-corrected chi connectivity index (χ4v) is 3.63. The highest BCUT2D eigenvalue weighted by Crippen LogP contribution is 2.35. The smallest absolute Gasteiger partial charge is 0.435 e. The second-order valence-electron chi connectivity index (χ2n) is 7.11. The molecule has 3 rings (SSSR count). The Kier molecular flexibility index (Phi) is 6.77. The third kappa shape index (κ3) is 5.60. The molecule has 34 heavy (non-hydrogen) atoms. The van der Waals surface area contributed by atoms with Crippen molar-refractivity contribution in [1.82, 2.24) is 10.2 Å². The number of rotatable bonds is 6. The Morgan fingerprint density at radius 3 is 2.41 bits per heavy atom. The first-order valence-electron chi connectivity index (χ1n) is 9.41. The molecule has 8 nitrogen and oxygen atoms in total. The standard InChI is InChI=1S/C21H18F4N4O4S/c1-11-17(19(30)27-13-5-4-6-16(9-13)34(3,26)31)20(29-28-18(11)21(23,24)25)33-15-8-12(22)7-14(10-15)32-2/h4-10,26H,1-3H3,(H,27,30). The maximum absolute atomic E-state index is 13.8. The van der Waals surface area contributed by atoms with Crippen LogP contribution in [-0.2, 0) is 15.9 Å². The van der Waals surface area contributed by atoms with Crippen LogP contribution in [0.25, 0.3) is 0 Å². The van der Waals surface area contributed by atoms with Crippen molar-refractivity contribution in [2.75, 3.05) is 18.7 Å². The monoisotopic (exact) mass is 498 g/mol. The van der Waals surface area contributed by atoms with E-state index < -0.39 is 50.3 Å². The number of carbonyl (C=O) groups is 1. The molecule has 0 radical (unpaired) electrons. The van der Waals surface area contributed by atoms with E-state index in [1.165, 1.54) is 43.7 Å².